The van der Waals surface area contributed by atoms with Crippen LogP contribution in [0.15, 0.2) is 84.4 Å². The summed E-state index contributed by atoms with van der Waals surface area (Å²) in [6, 6.07) is 15.0. The maximum Gasteiger partial charge on any atom is 0.253 e. The third kappa shape index (κ3) is 3.64. The van der Waals surface area contributed by atoms with Crippen molar-refractivity contribution < 1.29 is 13.6 Å². The zero-order valence-corrected chi connectivity index (χ0v) is 16.1. The summed E-state index contributed by atoms with van der Waals surface area (Å²) < 4.78 is 12.0. The van der Waals surface area contributed by atoms with E-state index >= 15 is 0 Å². The Hall–Kier alpha value is -2.25. The first-order chi connectivity index (χ1) is 12.7. The molecule has 1 aromatic carbocycles. The Balaban J connectivity index is 1.53. The average molecular weight is 431 g/mol. The standard InChI is InChI=1S/C19H15BrN2O3S/c20-13-4-1-5-14(10-13)26-12-19(23)22-16(18-7-3-9-25-18)11-15(21-22)17-6-2-8-24-17/h1-10,16H,11-12H2. The van der Waals surface area contributed by atoms with Crippen molar-refractivity contribution in [3.8, 4) is 0 Å². The number of hydrogen-bond donors (Lipinski definition) is 0. The third-order valence-electron chi connectivity index (χ3n) is 4.00. The van der Waals surface area contributed by atoms with Crippen LogP contribution < -0.4 is 0 Å². The molecule has 2 aromatic heterocycles. The van der Waals surface area contributed by atoms with E-state index in [-0.39, 0.29) is 11.9 Å². The predicted molar refractivity (Wildman–Crippen MR) is 103 cm³/mol. The van der Waals surface area contributed by atoms with Gasteiger partial charge in [0.05, 0.1) is 18.3 Å². The van der Waals surface area contributed by atoms with Crippen LogP contribution in [-0.2, 0) is 4.79 Å². The van der Waals surface area contributed by atoms with E-state index in [4.69, 9.17) is 8.83 Å². The SMILES string of the molecule is O=C(CSc1cccc(Br)c1)N1N=C(c2ccco2)CC1c1ccco1. The minimum Gasteiger partial charge on any atom is -0.467 e. The molecule has 0 saturated carbocycles. The van der Waals surface area contributed by atoms with Gasteiger partial charge >= 0.3 is 0 Å². The van der Waals surface area contributed by atoms with Crippen molar-refractivity contribution in [2.45, 2.75) is 17.4 Å². The molecule has 3 heterocycles. The van der Waals surface area contributed by atoms with Gasteiger partial charge in [0.2, 0.25) is 0 Å². The van der Waals surface area contributed by atoms with Crippen LogP contribution in [0.4, 0.5) is 0 Å². The molecule has 3 aromatic rings. The van der Waals surface area contributed by atoms with E-state index in [2.05, 4.69) is 21.0 Å². The minimum atomic E-state index is -0.249. The number of halogens is 1. The number of thioether (sulfide) groups is 1. The topological polar surface area (TPSA) is 59.0 Å². The summed E-state index contributed by atoms with van der Waals surface area (Å²) in [5, 5.41) is 6.04. The Labute approximate surface area is 163 Å². The Kier molecular flexibility index (Phi) is 4.99. The van der Waals surface area contributed by atoms with E-state index in [9.17, 15) is 4.79 Å². The summed E-state index contributed by atoms with van der Waals surface area (Å²) in [7, 11) is 0. The number of hydrazone groups is 1. The van der Waals surface area contributed by atoms with Crippen LogP contribution >= 0.6 is 27.7 Å². The van der Waals surface area contributed by atoms with Gasteiger partial charge in [-0.2, -0.15) is 5.10 Å². The summed E-state index contributed by atoms with van der Waals surface area (Å²) in [4.78, 5) is 13.9. The molecule has 1 amide bonds. The van der Waals surface area contributed by atoms with Gasteiger partial charge in [0.15, 0.2) is 0 Å². The Morgan fingerprint density at radius 1 is 1.19 bits per heavy atom. The number of furan rings is 2. The van der Waals surface area contributed by atoms with Crippen molar-refractivity contribution >= 4 is 39.3 Å². The van der Waals surface area contributed by atoms with Gasteiger partial charge in [0.25, 0.3) is 5.91 Å². The van der Waals surface area contributed by atoms with Crippen molar-refractivity contribution in [2.24, 2.45) is 5.10 Å². The van der Waals surface area contributed by atoms with Gasteiger partial charge in [-0.25, -0.2) is 5.01 Å². The molecule has 1 aliphatic rings. The lowest BCUT2D eigenvalue weighted by molar-refractivity contribution is -0.130. The van der Waals surface area contributed by atoms with Gasteiger partial charge in [-0.15, -0.1) is 11.8 Å². The summed E-state index contributed by atoms with van der Waals surface area (Å²) in [6.07, 6.45) is 3.78. The molecule has 132 valence electrons. The van der Waals surface area contributed by atoms with E-state index in [1.54, 1.807) is 12.5 Å². The van der Waals surface area contributed by atoms with Gasteiger partial charge in [0, 0.05) is 15.8 Å². The molecular formula is C19H15BrN2O3S. The second kappa shape index (κ2) is 7.55. The zero-order valence-electron chi connectivity index (χ0n) is 13.7. The number of carbonyl (C=O) groups excluding carboxylic acids is 1. The highest BCUT2D eigenvalue weighted by Crippen LogP contribution is 2.34. The van der Waals surface area contributed by atoms with Gasteiger partial charge in [-0.3, -0.25) is 4.79 Å². The molecule has 0 bridgehead atoms. The van der Waals surface area contributed by atoms with Crippen LogP contribution in [0.1, 0.15) is 24.0 Å². The van der Waals surface area contributed by atoms with Crippen LogP contribution in [0, 0.1) is 0 Å². The molecule has 7 heteroatoms. The quantitative estimate of drug-likeness (QED) is 0.527. The zero-order chi connectivity index (χ0) is 17.9. The van der Waals surface area contributed by atoms with Crippen molar-refractivity contribution in [3.63, 3.8) is 0 Å². The highest BCUT2D eigenvalue weighted by atomic mass is 79.9. The molecule has 5 nitrogen and oxygen atoms in total. The molecule has 0 saturated heterocycles. The van der Waals surface area contributed by atoms with Gasteiger partial charge < -0.3 is 8.83 Å². The molecule has 0 fully saturated rings. The van der Waals surface area contributed by atoms with Crippen LogP contribution in [0.2, 0.25) is 0 Å². The van der Waals surface area contributed by atoms with Gasteiger partial charge in [0.1, 0.15) is 23.3 Å². The fourth-order valence-electron chi connectivity index (χ4n) is 2.80. The summed E-state index contributed by atoms with van der Waals surface area (Å²) >= 11 is 4.93. The first-order valence-electron chi connectivity index (χ1n) is 8.06. The number of amides is 1. The molecule has 0 spiro atoms. The maximum atomic E-state index is 12.8. The fraction of sp³-hybridized carbons (Fsp3) is 0.158. The average Bonchev–Trinajstić information content (AvgIpc) is 3.40. The highest BCUT2D eigenvalue weighted by Gasteiger charge is 2.35. The first kappa shape index (κ1) is 17.2. The molecule has 0 radical (unpaired) electrons. The van der Waals surface area contributed by atoms with Crippen LogP contribution in [0.3, 0.4) is 0 Å². The normalized spacial score (nSPS) is 16.7. The molecule has 1 aliphatic heterocycles. The number of nitrogens with zero attached hydrogens (tertiary/aromatic N) is 2. The third-order valence-corrected chi connectivity index (χ3v) is 5.47. The molecule has 1 unspecified atom stereocenters. The maximum absolute atomic E-state index is 12.8. The number of hydrogen-bond acceptors (Lipinski definition) is 5. The van der Waals surface area contributed by atoms with Crippen molar-refractivity contribution in [1.29, 1.82) is 0 Å². The summed E-state index contributed by atoms with van der Waals surface area (Å²) in [6.45, 7) is 0. The summed E-state index contributed by atoms with van der Waals surface area (Å²) in [5.74, 6) is 1.62. The van der Waals surface area contributed by atoms with E-state index in [0.717, 1.165) is 20.8 Å². The monoisotopic (exact) mass is 430 g/mol. The van der Waals surface area contributed by atoms with Crippen molar-refractivity contribution in [3.05, 3.63) is 77.1 Å². The lowest BCUT2D eigenvalue weighted by Crippen LogP contribution is -2.28. The van der Waals surface area contributed by atoms with Crippen LogP contribution in [-0.4, -0.2) is 22.4 Å². The molecule has 4 rings (SSSR count). The molecule has 0 aliphatic carbocycles. The van der Waals surface area contributed by atoms with Crippen LogP contribution in [0.25, 0.3) is 0 Å². The van der Waals surface area contributed by atoms with E-state index in [1.807, 2.05) is 48.5 Å². The summed E-state index contributed by atoms with van der Waals surface area (Å²) in [5.41, 5.74) is 0.747. The first-order valence-corrected chi connectivity index (χ1v) is 9.84. The molecular weight excluding hydrogens is 416 g/mol. The lowest BCUT2D eigenvalue weighted by atomic mass is 10.1. The highest BCUT2D eigenvalue weighted by molar-refractivity contribution is 9.10. The molecule has 1 atom stereocenters. The van der Waals surface area contributed by atoms with Crippen molar-refractivity contribution in [2.75, 3.05) is 5.75 Å². The van der Waals surface area contributed by atoms with E-state index in [1.165, 1.54) is 16.8 Å². The largest absolute Gasteiger partial charge is 0.467 e. The second-order valence-electron chi connectivity index (χ2n) is 5.74. The van der Waals surface area contributed by atoms with Crippen molar-refractivity contribution in [1.82, 2.24) is 5.01 Å². The fourth-order valence-corrected chi connectivity index (χ4v) is 4.16. The Morgan fingerprint density at radius 3 is 2.77 bits per heavy atom. The molecule has 0 N–H and O–H groups in total. The number of carbonyl (C=O) groups is 1. The predicted octanol–water partition coefficient (Wildman–Crippen LogP) is 5.11. The molecule has 26 heavy (non-hydrogen) atoms. The Bertz CT molecular complexity index is 922. The lowest BCUT2D eigenvalue weighted by Gasteiger charge is -2.19. The minimum absolute atomic E-state index is 0.0714. The van der Waals surface area contributed by atoms with Gasteiger partial charge in [-0.1, -0.05) is 22.0 Å². The number of benzene rings is 1. The van der Waals surface area contributed by atoms with Crippen LogP contribution in [0.5, 0.6) is 0 Å². The second-order valence-corrected chi connectivity index (χ2v) is 7.71. The van der Waals surface area contributed by atoms with E-state index < -0.39 is 0 Å². The van der Waals surface area contributed by atoms with E-state index in [0.29, 0.717) is 17.9 Å². The Morgan fingerprint density at radius 2 is 2.04 bits per heavy atom. The smallest absolute Gasteiger partial charge is 0.253 e. The number of rotatable bonds is 5. The van der Waals surface area contributed by atoms with Gasteiger partial charge in [-0.05, 0) is 42.5 Å².